The maximum absolute atomic E-state index is 13.2. The molecule has 0 unspecified atom stereocenters. The Morgan fingerprint density at radius 3 is 2.61 bits per heavy atom. The van der Waals surface area contributed by atoms with Crippen LogP contribution in [0.4, 0.5) is 4.39 Å². The van der Waals surface area contributed by atoms with Gasteiger partial charge in [0.1, 0.15) is 11.5 Å². The first-order chi connectivity index (χ1) is 13.5. The average Bonchev–Trinajstić information content (AvgIpc) is 3.14. The van der Waals surface area contributed by atoms with Crippen LogP contribution in [0, 0.1) is 12.7 Å². The Kier molecular flexibility index (Phi) is 5.84. The molecular formula is C21H20FN3O3. The number of halogens is 1. The summed E-state index contributed by atoms with van der Waals surface area (Å²) < 4.78 is 19.3. The van der Waals surface area contributed by atoms with Crippen LogP contribution in [0.2, 0.25) is 0 Å². The topological polar surface area (TPSA) is 73.2 Å². The Morgan fingerprint density at radius 1 is 1.18 bits per heavy atom. The first kappa shape index (κ1) is 19.3. The molecule has 0 spiro atoms. The highest BCUT2D eigenvalue weighted by Crippen LogP contribution is 2.24. The van der Waals surface area contributed by atoms with Gasteiger partial charge in [-0.3, -0.25) is 9.59 Å². The van der Waals surface area contributed by atoms with Crippen molar-refractivity contribution in [3.05, 3.63) is 71.7 Å². The van der Waals surface area contributed by atoms with Gasteiger partial charge in [-0.1, -0.05) is 23.8 Å². The molecule has 2 aromatic carbocycles. The Hall–Kier alpha value is -3.48. The molecular weight excluding hydrogens is 361 g/mol. The number of aryl methyl sites for hydroxylation is 1. The van der Waals surface area contributed by atoms with Crippen LogP contribution in [0.3, 0.4) is 0 Å². The Balaban J connectivity index is 1.95. The summed E-state index contributed by atoms with van der Waals surface area (Å²) in [4.78, 5) is 24.0. The van der Waals surface area contributed by atoms with Gasteiger partial charge in [-0.05, 0) is 37.3 Å². The van der Waals surface area contributed by atoms with E-state index in [-0.39, 0.29) is 24.7 Å². The summed E-state index contributed by atoms with van der Waals surface area (Å²) in [6.07, 6.45) is 1.67. The van der Waals surface area contributed by atoms with Crippen LogP contribution < -0.4 is 5.32 Å². The zero-order valence-electron chi connectivity index (χ0n) is 15.6. The Morgan fingerprint density at radius 2 is 1.93 bits per heavy atom. The molecule has 144 valence electrons. The van der Waals surface area contributed by atoms with E-state index in [4.69, 9.17) is 0 Å². The van der Waals surface area contributed by atoms with E-state index >= 15 is 0 Å². The molecule has 0 aliphatic rings. The van der Waals surface area contributed by atoms with Crippen LogP contribution in [0.1, 0.15) is 22.3 Å². The molecule has 0 fully saturated rings. The fourth-order valence-corrected chi connectivity index (χ4v) is 2.75. The van der Waals surface area contributed by atoms with Crippen molar-refractivity contribution in [3.63, 3.8) is 0 Å². The lowest BCUT2D eigenvalue weighted by molar-refractivity contribution is -0.140. The van der Waals surface area contributed by atoms with E-state index < -0.39 is 5.97 Å². The van der Waals surface area contributed by atoms with Gasteiger partial charge in [-0.25, -0.2) is 9.07 Å². The summed E-state index contributed by atoms with van der Waals surface area (Å²) in [5.41, 5.74) is 3.32. The largest absolute Gasteiger partial charge is 0.469 e. The number of hydrogen-bond acceptors (Lipinski definition) is 4. The minimum atomic E-state index is -0.402. The highest BCUT2D eigenvalue weighted by Gasteiger charge is 2.19. The average molecular weight is 381 g/mol. The van der Waals surface area contributed by atoms with E-state index in [1.807, 2.05) is 31.2 Å². The van der Waals surface area contributed by atoms with Crippen molar-refractivity contribution in [3.8, 4) is 16.9 Å². The monoisotopic (exact) mass is 381 g/mol. The molecule has 0 aliphatic heterocycles. The highest BCUT2D eigenvalue weighted by molar-refractivity contribution is 6.00. The van der Waals surface area contributed by atoms with Crippen molar-refractivity contribution in [2.75, 3.05) is 13.7 Å². The summed E-state index contributed by atoms with van der Waals surface area (Å²) in [6.45, 7) is 2.11. The van der Waals surface area contributed by atoms with E-state index in [9.17, 15) is 14.0 Å². The second-order valence-corrected chi connectivity index (χ2v) is 6.26. The number of amides is 1. The number of benzene rings is 2. The number of rotatable bonds is 6. The number of hydrogen-bond donors (Lipinski definition) is 1. The van der Waals surface area contributed by atoms with Crippen molar-refractivity contribution < 1.29 is 18.7 Å². The van der Waals surface area contributed by atoms with Crippen LogP contribution in [0.15, 0.2) is 54.7 Å². The number of methoxy groups -OCH3 is 1. The molecule has 3 aromatic rings. The molecule has 0 radical (unpaired) electrons. The van der Waals surface area contributed by atoms with Gasteiger partial charge in [0.2, 0.25) is 0 Å². The van der Waals surface area contributed by atoms with E-state index in [1.165, 1.54) is 23.9 Å². The first-order valence-electron chi connectivity index (χ1n) is 8.75. The van der Waals surface area contributed by atoms with Gasteiger partial charge < -0.3 is 10.1 Å². The fraction of sp³-hybridized carbons (Fsp3) is 0.190. The van der Waals surface area contributed by atoms with E-state index in [0.29, 0.717) is 16.9 Å². The summed E-state index contributed by atoms with van der Waals surface area (Å²) in [6, 6.07) is 13.5. The Labute approximate surface area is 161 Å². The number of esters is 1. The molecule has 7 heteroatoms. The SMILES string of the molecule is COC(=O)CCNC(=O)c1cn(-c2ccc(F)cc2)nc1-c1cccc(C)c1. The van der Waals surface area contributed by atoms with Gasteiger partial charge in [0.15, 0.2) is 0 Å². The summed E-state index contributed by atoms with van der Waals surface area (Å²) in [5, 5.41) is 7.25. The molecule has 3 rings (SSSR count). The number of carbonyl (C=O) groups excluding carboxylic acids is 2. The second kappa shape index (κ2) is 8.47. The minimum absolute atomic E-state index is 0.0775. The summed E-state index contributed by atoms with van der Waals surface area (Å²) in [7, 11) is 1.30. The van der Waals surface area contributed by atoms with E-state index in [2.05, 4.69) is 15.2 Å². The molecule has 1 amide bonds. The summed E-state index contributed by atoms with van der Waals surface area (Å²) >= 11 is 0. The zero-order chi connectivity index (χ0) is 20.1. The molecule has 1 aromatic heterocycles. The quantitative estimate of drug-likeness (QED) is 0.665. The molecule has 0 saturated carbocycles. The van der Waals surface area contributed by atoms with Crippen LogP contribution in [-0.4, -0.2) is 35.3 Å². The van der Waals surface area contributed by atoms with Crippen LogP contribution in [-0.2, 0) is 9.53 Å². The molecule has 1 N–H and O–H groups in total. The van der Waals surface area contributed by atoms with Crippen LogP contribution >= 0.6 is 0 Å². The Bertz CT molecular complexity index is 996. The molecule has 0 saturated heterocycles. The maximum Gasteiger partial charge on any atom is 0.307 e. The third kappa shape index (κ3) is 4.43. The lowest BCUT2D eigenvalue weighted by atomic mass is 10.1. The zero-order valence-corrected chi connectivity index (χ0v) is 15.6. The normalized spacial score (nSPS) is 10.5. The van der Waals surface area contributed by atoms with Crippen molar-refractivity contribution in [1.29, 1.82) is 0 Å². The summed E-state index contributed by atoms with van der Waals surface area (Å²) in [5.74, 6) is -1.11. The first-order valence-corrected chi connectivity index (χ1v) is 8.75. The number of aromatic nitrogens is 2. The number of nitrogens with one attached hydrogen (secondary N) is 1. The predicted molar refractivity (Wildman–Crippen MR) is 103 cm³/mol. The molecule has 6 nitrogen and oxygen atoms in total. The lowest BCUT2D eigenvalue weighted by Crippen LogP contribution is -2.26. The molecule has 0 bridgehead atoms. The number of nitrogens with zero attached hydrogens (tertiary/aromatic N) is 2. The van der Waals surface area contributed by atoms with E-state index in [0.717, 1.165) is 11.1 Å². The van der Waals surface area contributed by atoms with E-state index in [1.54, 1.807) is 18.3 Å². The standard InChI is InChI=1S/C21H20FN3O3/c1-14-4-3-5-15(12-14)20-18(21(27)23-11-10-19(26)28-2)13-25(24-20)17-8-6-16(22)7-9-17/h3-9,12-13H,10-11H2,1-2H3,(H,23,27). The van der Waals surface area contributed by atoms with Gasteiger partial charge in [-0.2, -0.15) is 5.10 Å². The smallest absolute Gasteiger partial charge is 0.307 e. The molecule has 1 heterocycles. The third-order valence-corrected chi connectivity index (χ3v) is 4.18. The van der Waals surface area contributed by atoms with Gasteiger partial charge in [-0.15, -0.1) is 0 Å². The van der Waals surface area contributed by atoms with Crippen molar-refractivity contribution in [1.82, 2.24) is 15.1 Å². The van der Waals surface area contributed by atoms with Gasteiger partial charge in [0.25, 0.3) is 5.91 Å². The van der Waals surface area contributed by atoms with Crippen molar-refractivity contribution >= 4 is 11.9 Å². The highest BCUT2D eigenvalue weighted by atomic mass is 19.1. The lowest BCUT2D eigenvalue weighted by Gasteiger charge is -2.05. The molecule has 28 heavy (non-hydrogen) atoms. The van der Waals surface area contributed by atoms with Crippen molar-refractivity contribution in [2.45, 2.75) is 13.3 Å². The number of carbonyl (C=O) groups is 2. The third-order valence-electron chi connectivity index (χ3n) is 4.18. The maximum atomic E-state index is 13.2. The van der Waals surface area contributed by atoms with Crippen LogP contribution in [0.25, 0.3) is 16.9 Å². The van der Waals surface area contributed by atoms with Crippen LogP contribution in [0.5, 0.6) is 0 Å². The minimum Gasteiger partial charge on any atom is -0.469 e. The van der Waals surface area contributed by atoms with Gasteiger partial charge in [0.05, 0.1) is 24.8 Å². The second-order valence-electron chi connectivity index (χ2n) is 6.26. The molecule has 0 aliphatic carbocycles. The van der Waals surface area contributed by atoms with Gasteiger partial charge in [0, 0.05) is 18.3 Å². The van der Waals surface area contributed by atoms with Crippen molar-refractivity contribution in [2.24, 2.45) is 0 Å². The van der Waals surface area contributed by atoms with Gasteiger partial charge >= 0.3 is 5.97 Å². The predicted octanol–water partition coefficient (Wildman–Crippen LogP) is 3.28. The fourth-order valence-electron chi connectivity index (χ4n) is 2.75. The number of ether oxygens (including phenoxy) is 1. The molecule has 0 atom stereocenters.